The number of thiophene rings is 1. The number of carbonyl (C=O) groups is 1. The molecule has 0 aliphatic heterocycles. The van der Waals surface area contributed by atoms with Gasteiger partial charge in [0.1, 0.15) is 0 Å². The van der Waals surface area contributed by atoms with Crippen molar-refractivity contribution >= 4 is 33.2 Å². The summed E-state index contributed by atoms with van der Waals surface area (Å²) in [5, 5.41) is 4.95. The van der Waals surface area contributed by atoms with Gasteiger partial charge in [-0.2, -0.15) is 0 Å². The van der Waals surface area contributed by atoms with Crippen LogP contribution in [-0.2, 0) is 11.2 Å². The van der Waals surface area contributed by atoms with Gasteiger partial charge >= 0.3 is 0 Å². The summed E-state index contributed by atoms with van der Waals surface area (Å²) in [6, 6.07) is 2.21. The van der Waals surface area contributed by atoms with Crippen LogP contribution < -0.4 is 11.1 Å². The lowest BCUT2D eigenvalue weighted by molar-refractivity contribution is -0.121. The van der Waals surface area contributed by atoms with Crippen LogP contribution in [0.2, 0.25) is 0 Å². The Hall–Kier alpha value is -0.390. The van der Waals surface area contributed by atoms with E-state index in [0.29, 0.717) is 18.9 Å². The van der Waals surface area contributed by atoms with E-state index in [9.17, 15) is 4.79 Å². The number of amides is 1. The van der Waals surface area contributed by atoms with Gasteiger partial charge in [0.05, 0.1) is 0 Å². The zero-order chi connectivity index (χ0) is 12.3. The highest BCUT2D eigenvalue weighted by Crippen LogP contribution is 2.31. The SMILES string of the molecule is NC(CNC(=O)CCc1cc(Br)cs1)C1CC1. The Morgan fingerprint density at radius 3 is 3.00 bits per heavy atom. The summed E-state index contributed by atoms with van der Waals surface area (Å²) in [5.41, 5.74) is 5.92. The minimum Gasteiger partial charge on any atom is -0.355 e. The Bertz CT molecular complexity index is 390. The number of aryl methyl sites for hydroxylation is 1. The van der Waals surface area contributed by atoms with Crippen LogP contribution in [0.5, 0.6) is 0 Å². The van der Waals surface area contributed by atoms with Crippen molar-refractivity contribution in [2.45, 2.75) is 31.7 Å². The van der Waals surface area contributed by atoms with E-state index in [0.717, 1.165) is 10.9 Å². The summed E-state index contributed by atoms with van der Waals surface area (Å²) in [7, 11) is 0. The van der Waals surface area contributed by atoms with Crippen LogP contribution in [0, 0.1) is 5.92 Å². The highest BCUT2D eigenvalue weighted by Gasteiger charge is 2.28. The second kappa shape index (κ2) is 5.98. The van der Waals surface area contributed by atoms with Crippen LogP contribution in [0.3, 0.4) is 0 Å². The van der Waals surface area contributed by atoms with E-state index in [1.165, 1.54) is 17.7 Å². The van der Waals surface area contributed by atoms with E-state index in [2.05, 4.69) is 27.3 Å². The number of carbonyl (C=O) groups excluding carboxylic acids is 1. The molecule has 3 nitrogen and oxygen atoms in total. The topological polar surface area (TPSA) is 55.1 Å². The summed E-state index contributed by atoms with van der Waals surface area (Å²) >= 11 is 5.08. The van der Waals surface area contributed by atoms with Gasteiger partial charge < -0.3 is 11.1 Å². The molecular weight excluding hydrogens is 300 g/mol. The molecule has 0 saturated heterocycles. The van der Waals surface area contributed by atoms with Gasteiger partial charge in [0.25, 0.3) is 0 Å². The number of rotatable bonds is 6. The number of nitrogens with two attached hydrogens (primary N) is 1. The first-order chi connectivity index (χ1) is 8.15. The summed E-state index contributed by atoms with van der Waals surface area (Å²) in [4.78, 5) is 12.8. The molecule has 0 bridgehead atoms. The molecule has 1 unspecified atom stereocenters. The first-order valence-electron chi connectivity index (χ1n) is 5.90. The van der Waals surface area contributed by atoms with Gasteiger partial charge in [-0.1, -0.05) is 0 Å². The summed E-state index contributed by atoms with van der Waals surface area (Å²) in [5.74, 6) is 0.745. The normalized spacial score (nSPS) is 16.8. The van der Waals surface area contributed by atoms with E-state index < -0.39 is 0 Å². The van der Waals surface area contributed by atoms with E-state index in [4.69, 9.17) is 5.73 Å². The van der Waals surface area contributed by atoms with Crippen LogP contribution in [0.1, 0.15) is 24.1 Å². The quantitative estimate of drug-likeness (QED) is 0.846. The lowest BCUT2D eigenvalue weighted by Crippen LogP contribution is -2.38. The third kappa shape index (κ3) is 4.41. The Kier molecular flexibility index (Phi) is 4.59. The largest absolute Gasteiger partial charge is 0.355 e. The maximum absolute atomic E-state index is 11.6. The average Bonchev–Trinajstić information content (AvgIpc) is 3.07. The zero-order valence-electron chi connectivity index (χ0n) is 9.62. The van der Waals surface area contributed by atoms with Crippen molar-refractivity contribution in [3.05, 3.63) is 20.8 Å². The molecule has 1 aromatic heterocycles. The molecule has 1 fully saturated rings. The molecule has 1 aliphatic carbocycles. The van der Waals surface area contributed by atoms with Gasteiger partial charge in [0, 0.05) is 33.7 Å². The van der Waals surface area contributed by atoms with Gasteiger partial charge in [-0.05, 0) is 47.2 Å². The lowest BCUT2D eigenvalue weighted by Gasteiger charge is -2.11. The minimum absolute atomic E-state index is 0.102. The number of nitrogens with one attached hydrogen (secondary N) is 1. The fourth-order valence-electron chi connectivity index (χ4n) is 1.73. The molecule has 1 heterocycles. The first kappa shape index (κ1) is 13.1. The van der Waals surface area contributed by atoms with E-state index >= 15 is 0 Å². The fraction of sp³-hybridized carbons (Fsp3) is 0.583. The van der Waals surface area contributed by atoms with Crippen LogP contribution >= 0.6 is 27.3 Å². The molecular formula is C12H17BrN2OS. The van der Waals surface area contributed by atoms with Crippen molar-refractivity contribution in [1.82, 2.24) is 5.32 Å². The van der Waals surface area contributed by atoms with Crippen LogP contribution in [0.4, 0.5) is 0 Å². The minimum atomic E-state index is 0.102. The molecule has 17 heavy (non-hydrogen) atoms. The highest BCUT2D eigenvalue weighted by atomic mass is 79.9. The van der Waals surface area contributed by atoms with Gasteiger partial charge in [-0.3, -0.25) is 4.79 Å². The van der Waals surface area contributed by atoms with Crippen molar-refractivity contribution in [2.24, 2.45) is 11.7 Å². The summed E-state index contributed by atoms with van der Waals surface area (Å²) in [6.07, 6.45) is 3.80. The molecule has 5 heteroatoms. The van der Waals surface area contributed by atoms with E-state index in [-0.39, 0.29) is 11.9 Å². The smallest absolute Gasteiger partial charge is 0.220 e. The monoisotopic (exact) mass is 316 g/mol. The number of hydrogen-bond acceptors (Lipinski definition) is 3. The van der Waals surface area contributed by atoms with Gasteiger partial charge in [-0.25, -0.2) is 0 Å². The molecule has 3 N–H and O–H groups in total. The predicted octanol–water partition coefficient (Wildman–Crippen LogP) is 2.30. The van der Waals surface area contributed by atoms with Gasteiger partial charge in [0.2, 0.25) is 5.91 Å². The van der Waals surface area contributed by atoms with Crippen molar-refractivity contribution in [3.63, 3.8) is 0 Å². The van der Waals surface area contributed by atoms with Crippen molar-refractivity contribution in [1.29, 1.82) is 0 Å². The van der Waals surface area contributed by atoms with Gasteiger partial charge in [-0.15, -0.1) is 11.3 Å². The third-order valence-electron chi connectivity index (χ3n) is 2.98. The number of halogens is 1. The Morgan fingerprint density at radius 2 is 2.41 bits per heavy atom. The molecule has 1 aromatic rings. The molecule has 1 atom stereocenters. The molecule has 0 spiro atoms. The van der Waals surface area contributed by atoms with Crippen molar-refractivity contribution in [2.75, 3.05) is 6.54 Å². The highest BCUT2D eigenvalue weighted by molar-refractivity contribution is 9.10. The number of hydrogen-bond donors (Lipinski definition) is 2. The van der Waals surface area contributed by atoms with Crippen molar-refractivity contribution in [3.8, 4) is 0 Å². The van der Waals surface area contributed by atoms with Gasteiger partial charge in [0.15, 0.2) is 0 Å². The second-order valence-electron chi connectivity index (χ2n) is 4.54. The van der Waals surface area contributed by atoms with E-state index in [1.807, 2.05) is 5.38 Å². The Labute approximate surface area is 114 Å². The standard InChI is InChI=1S/C12H17BrN2OS/c13-9-5-10(17-7-9)3-4-12(16)15-6-11(14)8-1-2-8/h5,7-8,11H,1-4,6,14H2,(H,15,16). The zero-order valence-corrected chi connectivity index (χ0v) is 12.0. The molecule has 0 aromatic carbocycles. The lowest BCUT2D eigenvalue weighted by atomic mass is 10.2. The molecule has 1 amide bonds. The maximum atomic E-state index is 11.6. The fourth-order valence-corrected chi connectivity index (χ4v) is 3.19. The molecule has 1 aliphatic rings. The second-order valence-corrected chi connectivity index (χ2v) is 6.45. The van der Waals surface area contributed by atoms with Crippen LogP contribution in [0.15, 0.2) is 15.9 Å². The van der Waals surface area contributed by atoms with Crippen LogP contribution in [-0.4, -0.2) is 18.5 Å². The Morgan fingerprint density at radius 1 is 1.65 bits per heavy atom. The van der Waals surface area contributed by atoms with Crippen LogP contribution in [0.25, 0.3) is 0 Å². The van der Waals surface area contributed by atoms with Crippen molar-refractivity contribution < 1.29 is 4.79 Å². The third-order valence-corrected chi connectivity index (χ3v) is 4.74. The Balaban J connectivity index is 1.63. The predicted molar refractivity (Wildman–Crippen MR) is 74.0 cm³/mol. The summed E-state index contributed by atoms with van der Waals surface area (Å²) in [6.45, 7) is 0.623. The molecule has 2 rings (SSSR count). The molecule has 1 saturated carbocycles. The molecule has 0 radical (unpaired) electrons. The molecule has 94 valence electrons. The first-order valence-corrected chi connectivity index (χ1v) is 7.57. The maximum Gasteiger partial charge on any atom is 0.220 e. The summed E-state index contributed by atoms with van der Waals surface area (Å²) < 4.78 is 1.09. The van der Waals surface area contributed by atoms with E-state index in [1.54, 1.807) is 11.3 Å². The average molecular weight is 317 g/mol.